The molecule has 1 aliphatic carbocycles. The number of carboxylic acid groups (broad SMARTS) is 1. The fourth-order valence-electron chi connectivity index (χ4n) is 4.64. The van der Waals surface area contributed by atoms with Crippen LogP contribution in [0.1, 0.15) is 48.0 Å². The van der Waals surface area contributed by atoms with Gasteiger partial charge in [0.25, 0.3) is 5.91 Å². The van der Waals surface area contributed by atoms with E-state index in [4.69, 9.17) is 0 Å². The first-order chi connectivity index (χ1) is 16.4. The van der Waals surface area contributed by atoms with Gasteiger partial charge in [0.1, 0.15) is 0 Å². The van der Waals surface area contributed by atoms with E-state index in [1.54, 1.807) is 18.2 Å². The van der Waals surface area contributed by atoms with Gasteiger partial charge in [0.05, 0.1) is 11.5 Å². The lowest BCUT2D eigenvalue weighted by molar-refractivity contribution is -0.313. The lowest BCUT2D eigenvalue weighted by atomic mass is 9.82. The summed E-state index contributed by atoms with van der Waals surface area (Å²) in [5, 5.41) is 17.3. The second kappa shape index (κ2) is 10.5. The molecule has 0 radical (unpaired) electrons. The maximum absolute atomic E-state index is 13.3. The van der Waals surface area contributed by atoms with Crippen molar-refractivity contribution in [2.24, 2.45) is 11.8 Å². The molecule has 0 spiro atoms. The summed E-state index contributed by atoms with van der Waals surface area (Å²) in [5.41, 5.74) is 3.56. The van der Waals surface area contributed by atoms with E-state index in [0.29, 0.717) is 23.4 Å². The summed E-state index contributed by atoms with van der Waals surface area (Å²) in [6, 6.07) is 12.9. The smallest absolute Gasteiger partial charge is 0.257 e. The van der Waals surface area contributed by atoms with Crippen molar-refractivity contribution in [3.63, 3.8) is 0 Å². The number of nitrogens with one attached hydrogen (secondary N) is 2. The number of carboxylic acids is 1. The van der Waals surface area contributed by atoms with Gasteiger partial charge in [-0.05, 0) is 69.4 Å². The minimum Gasteiger partial charge on any atom is -0.550 e. The molecule has 2 aromatic carbocycles. The summed E-state index contributed by atoms with van der Waals surface area (Å²) >= 11 is 0. The minimum atomic E-state index is -1.22. The molecule has 1 heterocycles. The molecule has 4 rings (SSSR count). The summed E-state index contributed by atoms with van der Waals surface area (Å²) in [4.78, 5) is 39.9. The van der Waals surface area contributed by atoms with Crippen LogP contribution in [0.25, 0.3) is 0 Å². The molecule has 0 unspecified atom stereocenters. The van der Waals surface area contributed by atoms with E-state index in [2.05, 4.69) is 15.5 Å². The van der Waals surface area contributed by atoms with Crippen molar-refractivity contribution in [2.75, 3.05) is 28.6 Å². The molecule has 1 aliphatic heterocycles. The molecule has 7 heteroatoms. The largest absolute Gasteiger partial charge is 0.550 e. The van der Waals surface area contributed by atoms with Gasteiger partial charge in [-0.2, -0.15) is 0 Å². The monoisotopic (exact) mass is 460 g/mol. The van der Waals surface area contributed by atoms with E-state index >= 15 is 0 Å². The highest BCUT2D eigenvalue weighted by Gasteiger charge is 2.30. The van der Waals surface area contributed by atoms with E-state index in [1.807, 2.05) is 43.3 Å². The first kappa shape index (κ1) is 23.5. The molecule has 0 aromatic heterocycles. The number of amides is 2. The number of aliphatic carboxylic acids is 1. The van der Waals surface area contributed by atoms with E-state index < -0.39 is 17.8 Å². The highest BCUT2D eigenvalue weighted by molar-refractivity contribution is 6.09. The standard InChI is InChI=1S/C27H31N3O4/c1-18-9-11-19(12-10-18)28-26(32)23-17-20(13-14-24(23)30-15-5-2-6-16-30)29-25(31)21-7-3-4-8-22(21)27(33)34/h3-4,9-14,17,21-22H,2,5-8,15-16H2,1H3,(H,28,32)(H,29,31)(H,33,34)/p-1/t21-,22+/m1/s1. The number of piperidine rings is 1. The van der Waals surface area contributed by atoms with E-state index in [0.717, 1.165) is 37.2 Å². The Labute approximate surface area is 199 Å². The number of aryl methyl sites for hydroxylation is 1. The quantitative estimate of drug-likeness (QED) is 0.643. The minimum absolute atomic E-state index is 0.256. The van der Waals surface area contributed by atoms with Crippen LogP contribution in [-0.2, 0) is 9.59 Å². The summed E-state index contributed by atoms with van der Waals surface area (Å²) in [5.74, 6) is -3.42. The van der Waals surface area contributed by atoms with Crippen LogP contribution >= 0.6 is 0 Å². The van der Waals surface area contributed by atoms with E-state index in [1.165, 1.54) is 6.42 Å². The molecule has 0 bridgehead atoms. The normalized spacial score (nSPS) is 20.0. The van der Waals surface area contributed by atoms with Gasteiger partial charge in [0, 0.05) is 42.0 Å². The highest BCUT2D eigenvalue weighted by Crippen LogP contribution is 2.30. The first-order valence-electron chi connectivity index (χ1n) is 11.9. The van der Waals surface area contributed by atoms with E-state index in [9.17, 15) is 19.5 Å². The number of hydrogen-bond donors (Lipinski definition) is 2. The first-order valence-corrected chi connectivity index (χ1v) is 11.9. The van der Waals surface area contributed by atoms with Crippen LogP contribution in [0.2, 0.25) is 0 Å². The average Bonchev–Trinajstić information content (AvgIpc) is 2.86. The van der Waals surface area contributed by atoms with Crippen LogP contribution in [0.3, 0.4) is 0 Å². The van der Waals surface area contributed by atoms with Gasteiger partial charge in [-0.1, -0.05) is 29.8 Å². The van der Waals surface area contributed by atoms with Gasteiger partial charge < -0.3 is 25.4 Å². The van der Waals surface area contributed by atoms with E-state index in [-0.39, 0.29) is 18.2 Å². The number of anilines is 3. The van der Waals surface area contributed by atoms with Gasteiger partial charge in [-0.15, -0.1) is 0 Å². The maximum atomic E-state index is 13.3. The van der Waals surface area contributed by atoms with Crippen LogP contribution in [0, 0.1) is 18.8 Å². The molecule has 34 heavy (non-hydrogen) atoms. The van der Waals surface area contributed by atoms with Gasteiger partial charge in [-0.3, -0.25) is 9.59 Å². The zero-order valence-electron chi connectivity index (χ0n) is 19.4. The number of carbonyl (C=O) groups is 3. The van der Waals surface area contributed by atoms with Gasteiger partial charge in [0.15, 0.2) is 0 Å². The number of allylic oxidation sites excluding steroid dienone is 2. The third-order valence-electron chi connectivity index (χ3n) is 6.59. The predicted octanol–water partition coefficient (Wildman–Crippen LogP) is 3.51. The third-order valence-corrected chi connectivity index (χ3v) is 6.59. The number of hydrogen-bond acceptors (Lipinski definition) is 5. The van der Waals surface area contributed by atoms with Crippen molar-refractivity contribution in [3.05, 3.63) is 65.7 Å². The molecule has 1 saturated heterocycles. The summed E-state index contributed by atoms with van der Waals surface area (Å²) < 4.78 is 0. The molecule has 0 saturated carbocycles. The van der Waals surface area contributed by atoms with Crippen molar-refractivity contribution < 1.29 is 19.5 Å². The fraction of sp³-hybridized carbons (Fsp3) is 0.370. The Balaban J connectivity index is 1.59. The SMILES string of the molecule is Cc1ccc(NC(=O)c2cc(NC(=O)[C@@H]3CC=CC[C@@H]3C(=O)[O-])ccc2N2CCCCC2)cc1. The highest BCUT2D eigenvalue weighted by atomic mass is 16.4. The molecule has 178 valence electrons. The van der Waals surface area contributed by atoms with Crippen LogP contribution < -0.4 is 20.6 Å². The lowest BCUT2D eigenvalue weighted by Gasteiger charge is -2.31. The molecule has 2 amide bonds. The molecular weight excluding hydrogens is 430 g/mol. The molecule has 2 aromatic rings. The number of rotatable bonds is 6. The van der Waals surface area contributed by atoms with Crippen molar-refractivity contribution in [1.29, 1.82) is 0 Å². The molecular formula is C27H30N3O4-. The number of benzene rings is 2. The van der Waals surface area contributed by atoms with Crippen molar-refractivity contribution in [2.45, 2.75) is 39.0 Å². The van der Waals surface area contributed by atoms with Crippen molar-refractivity contribution in [1.82, 2.24) is 0 Å². The molecule has 2 aliphatic rings. The van der Waals surface area contributed by atoms with Gasteiger partial charge in [-0.25, -0.2) is 0 Å². The Hall–Kier alpha value is -3.61. The van der Waals surface area contributed by atoms with Crippen LogP contribution in [0.4, 0.5) is 17.1 Å². The second-order valence-electron chi connectivity index (χ2n) is 9.06. The van der Waals surface area contributed by atoms with Gasteiger partial charge in [0.2, 0.25) is 5.91 Å². The molecule has 2 N–H and O–H groups in total. The second-order valence-corrected chi connectivity index (χ2v) is 9.06. The summed E-state index contributed by atoms with van der Waals surface area (Å²) in [7, 11) is 0. The van der Waals surface area contributed by atoms with Crippen molar-refractivity contribution >= 4 is 34.8 Å². The summed E-state index contributed by atoms with van der Waals surface area (Å²) in [6.45, 7) is 3.73. The predicted molar refractivity (Wildman–Crippen MR) is 131 cm³/mol. The third kappa shape index (κ3) is 5.47. The fourth-order valence-corrected chi connectivity index (χ4v) is 4.64. The van der Waals surface area contributed by atoms with Crippen LogP contribution in [0.15, 0.2) is 54.6 Å². The molecule has 7 nitrogen and oxygen atoms in total. The number of carbonyl (C=O) groups excluding carboxylic acids is 3. The zero-order valence-corrected chi connectivity index (χ0v) is 19.4. The van der Waals surface area contributed by atoms with Crippen LogP contribution in [-0.4, -0.2) is 30.9 Å². The zero-order chi connectivity index (χ0) is 24.1. The van der Waals surface area contributed by atoms with Crippen LogP contribution in [0.5, 0.6) is 0 Å². The molecule has 1 fully saturated rings. The Morgan fingerprint density at radius 2 is 1.50 bits per heavy atom. The molecule has 2 atom stereocenters. The topological polar surface area (TPSA) is 102 Å². The Kier molecular flexibility index (Phi) is 7.30. The number of nitrogens with zero attached hydrogens (tertiary/aromatic N) is 1. The maximum Gasteiger partial charge on any atom is 0.257 e. The Morgan fingerprint density at radius 3 is 2.18 bits per heavy atom. The van der Waals surface area contributed by atoms with Crippen molar-refractivity contribution in [3.8, 4) is 0 Å². The lowest BCUT2D eigenvalue weighted by Crippen LogP contribution is -2.41. The summed E-state index contributed by atoms with van der Waals surface area (Å²) in [6.07, 6.45) is 7.52. The Bertz CT molecular complexity index is 1090. The average molecular weight is 461 g/mol. The van der Waals surface area contributed by atoms with Gasteiger partial charge >= 0.3 is 0 Å². The Morgan fingerprint density at radius 1 is 0.853 bits per heavy atom.